The fourth-order valence-corrected chi connectivity index (χ4v) is 4.99. The van der Waals surface area contributed by atoms with Crippen molar-refractivity contribution in [2.45, 2.75) is 64.4 Å². The molecule has 0 saturated heterocycles. The molecule has 1 fully saturated rings. The van der Waals surface area contributed by atoms with Crippen LogP contribution in [0.2, 0.25) is 0 Å². The van der Waals surface area contributed by atoms with Crippen LogP contribution in [-0.2, 0) is 4.79 Å². The summed E-state index contributed by atoms with van der Waals surface area (Å²) in [5.74, 6) is 1.30. The summed E-state index contributed by atoms with van der Waals surface area (Å²) in [5, 5.41) is 26.2. The van der Waals surface area contributed by atoms with Gasteiger partial charge in [-0.3, -0.25) is 4.79 Å². The van der Waals surface area contributed by atoms with Crippen molar-refractivity contribution in [2.24, 2.45) is 0 Å². The van der Waals surface area contributed by atoms with Crippen LogP contribution < -0.4 is 5.32 Å². The lowest BCUT2D eigenvalue weighted by Crippen LogP contribution is -2.19. The number of nitrogens with one attached hydrogen (secondary N) is 1. The van der Waals surface area contributed by atoms with Crippen LogP contribution in [0, 0.1) is 39.0 Å². The molecule has 0 unspecified atom stereocenters. The van der Waals surface area contributed by atoms with E-state index in [0.717, 1.165) is 35.5 Å². The van der Waals surface area contributed by atoms with Gasteiger partial charge in [0.2, 0.25) is 5.91 Å². The van der Waals surface area contributed by atoms with Gasteiger partial charge in [-0.15, -0.1) is 10.2 Å². The molecule has 0 bridgehead atoms. The molecule has 3 heterocycles. The maximum atomic E-state index is 12.8. The van der Waals surface area contributed by atoms with Crippen LogP contribution in [-0.4, -0.2) is 36.2 Å². The molecule has 1 saturated carbocycles. The molecule has 1 aliphatic carbocycles. The van der Waals surface area contributed by atoms with E-state index in [0.29, 0.717) is 28.3 Å². The smallest absolute Gasteiger partial charge is 0.235 e. The standard InChI is InChI=1S/C23H27N7OS/c1-14-11-15(2)30(28-14)20-9-10-22(27-26-20)32-13-21(31)25-23-19(12-24)16(3)17(4)29(23)18-7-5-6-8-18/h9-11,18H,5-8,13H2,1-4H3,(H,25,31). The fraction of sp³-hybridized carbons (Fsp3) is 0.435. The van der Waals surface area contributed by atoms with Crippen molar-refractivity contribution in [3.8, 4) is 11.9 Å². The maximum Gasteiger partial charge on any atom is 0.235 e. The predicted octanol–water partition coefficient (Wildman–Crippen LogP) is 4.42. The molecule has 0 spiro atoms. The zero-order valence-electron chi connectivity index (χ0n) is 18.8. The highest BCUT2D eigenvalue weighted by atomic mass is 32.2. The minimum atomic E-state index is -0.160. The Balaban J connectivity index is 1.45. The monoisotopic (exact) mass is 449 g/mol. The molecule has 166 valence electrons. The number of amides is 1. The Morgan fingerprint density at radius 3 is 2.56 bits per heavy atom. The second-order valence-electron chi connectivity index (χ2n) is 8.26. The van der Waals surface area contributed by atoms with Gasteiger partial charge in [0, 0.05) is 17.4 Å². The minimum Gasteiger partial charge on any atom is -0.327 e. The van der Waals surface area contributed by atoms with E-state index < -0.39 is 0 Å². The topological polar surface area (TPSA) is 101 Å². The van der Waals surface area contributed by atoms with Crippen molar-refractivity contribution >= 4 is 23.5 Å². The number of thioether (sulfide) groups is 1. The number of carbonyl (C=O) groups excluding carboxylic acids is 1. The van der Waals surface area contributed by atoms with Gasteiger partial charge in [0.05, 0.1) is 17.0 Å². The van der Waals surface area contributed by atoms with E-state index in [-0.39, 0.29) is 11.7 Å². The van der Waals surface area contributed by atoms with Gasteiger partial charge in [-0.25, -0.2) is 4.68 Å². The summed E-state index contributed by atoms with van der Waals surface area (Å²) >= 11 is 1.32. The van der Waals surface area contributed by atoms with Crippen LogP contribution in [0.1, 0.15) is 59.9 Å². The molecule has 1 amide bonds. The summed E-state index contributed by atoms with van der Waals surface area (Å²) in [7, 11) is 0. The molecule has 0 aliphatic heterocycles. The van der Waals surface area contributed by atoms with Gasteiger partial charge >= 0.3 is 0 Å². The molecule has 3 aromatic rings. The third-order valence-electron chi connectivity index (χ3n) is 6.02. The first-order valence-electron chi connectivity index (χ1n) is 10.8. The zero-order chi connectivity index (χ0) is 22.8. The summed E-state index contributed by atoms with van der Waals surface area (Å²) in [4.78, 5) is 12.8. The van der Waals surface area contributed by atoms with Crippen molar-refractivity contribution in [2.75, 3.05) is 11.1 Å². The van der Waals surface area contributed by atoms with Crippen LogP contribution in [0.3, 0.4) is 0 Å². The van der Waals surface area contributed by atoms with Gasteiger partial charge in [-0.2, -0.15) is 10.4 Å². The van der Waals surface area contributed by atoms with Gasteiger partial charge < -0.3 is 9.88 Å². The highest BCUT2D eigenvalue weighted by molar-refractivity contribution is 7.99. The normalized spacial score (nSPS) is 14.0. The largest absolute Gasteiger partial charge is 0.327 e. The van der Waals surface area contributed by atoms with Gasteiger partial charge in [0.15, 0.2) is 5.82 Å². The quantitative estimate of drug-likeness (QED) is 0.559. The lowest BCUT2D eigenvalue weighted by atomic mass is 10.2. The molecule has 3 aromatic heterocycles. The molecule has 1 N–H and O–H groups in total. The number of nitrogens with zero attached hydrogens (tertiary/aromatic N) is 6. The first kappa shape index (κ1) is 22.1. The number of aryl methyl sites for hydroxylation is 2. The lowest BCUT2D eigenvalue weighted by Gasteiger charge is -2.19. The van der Waals surface area contributed by atoms with Crippen molar-refractivity contribution in [3.05, 3.63) is 46.4 Å². The molecule has 32 heavy (non-hydrogen) atoms. The zero-order valence-corrected chi connectivity index (χ0v) is 19.7. The Kier molecular flexibility index (Phi) is 6.33. The number of hydrogen-bond acceptors (Lipinski definition) is 6. The second-order valence-corrected chi connectivity index (χ2v) is 9.26. The molecular formula is C23H27N7OS. The van der Waals surface area contributed by atoms with Gasteiger partial charge in [0.25, 0.3) is 0 Å². The Hall–Kier alpha value is -3.12. The van der Waals surface area contributed by atoms with Crippen LogP contribution in [0.15, 0.2) is 23.2 Å². The van der Waals surface area contributed by atoms with Crippen LogP contribution in [0.4, 0.5) is 5.82 Å². The van der Waals surface area contributed by atoms with Gasteiger partial charge in [-0.05, 0) is 64.3 Å². The van der Waals surface area contributed by atoms with Crippen molar-refractivity contribution in [1.29, 1.82) is 5.26 Å². The summed E-state index contributed by atoms with van der Waals surface area (Å²) in [6, 6.07) is 8.29. The SMILES string of the molecule is Cc1cc(C)n(-c2ccc(SCC(=O)Nc3c(C#N)c(C)c(C)n3C3CCCC3)nn2)n1. The van der Waals surface area contributed by atoms with E-state index in [1.165, 1.54) is 24.6 Å². The second kappa shape index (κ2) is 9.17. The Morgan fingerprint density at radius 1 is 1.22 bits per heavy atom. The predicted molar refractivity (Wildman–Crippen MR) is 124 cm³/mol. The van der Waals surface area contributed by atoms with Crippen molar-refractivity contribution in [1.82, 2.24) is 24.5 Å². The molecule has 0 atom stereocenters. The average Bonchev–Trinajstić information content (AvgIpc) is 3.47. The number of aromatic nitrogens is 5. The Bertz CT molecular complexity index is 1180. The van der Waals surface area contributed by atoms with Crippen molar-refractivity contribution in [3.63, 3.8) is 0 Å². The molecule has 8 nitrogen and oxygen atoms in total. The van der Waals surface area contributed by atoms with Gasteiger partial charge in [-0.1, -0.05) is 24.6 Å². The summed E-state index contributed by atoms with van der Waals surface area (Å²) < 4.78 is 3.90. The maximum absolute atomic E-state index is 12.8. The highest BCUT2D eigenvalue weighted by Gasteiger charge is 2.26. The molecular weight excluding hydrogens is 422 g/mol. The minimum absolute atomic E-state index is 0.160. The van der Waals surface area contributed by atoms with E-state index >= 15 is 0 Å². The third kappa shape index (κ3) is 4.28. The van der Waals surface area contributed by atoms with Crippen LogP contribution >= 0.6 is 11.8 Å². The summed E-state index contributed by atoms with van der Waals surface area (Å²) in [6.07, 6.45) is 4.51. The lowest BCUT2D eigenvalue weighted by molar-refractivity contribution is -0.113. The summed E-state index contributed by atoms with van der Waals surface area (Å²) in [5.41, 5.74) is 4.46. The summed E-state index contributed by atoms with van der Waals surface area (Å²) in [6.45, 7) is 7.88. The Morgan fingerprint density at radius 2 is 1.97 bits per heavy atom. The molecule has 9 heteroatoms. The van der Waals surface area contributed by atoms with E-state index in [1.54, 1.807) is 4.68 Å². The van der Waals surface area contributed by atoms with E-state index in [9.17, 15) is 10.1 Å². The van der Waals surface area contributed by atoms with E-state index in [2.05, 4.69) is 31.2 Å². The Labute approximate surface area is 192 Å². The number of rotatable bonds is 6. The average molecular weight is 450 g/mol. The van der Waals surface area contributed by atoms with Crippen molar-refractivity contribution < 1.29 is 4.79 Å². The molecule has 4 rings (SSSR count). The van der Waals surface area contributed by atoms with E-state index in [1.807, 2.05) is 45.9 Å². The molecule has 0 aromatic carbocycles. The fourth-order valence-electron chi connectivity index (χ4n) is 4.38. The molecule has 0 radical (unpaired) electrons. The first-order chi connectivity index (χ1) is 15.4. The van der Waals surface area contributed by atoms with Gasteiger partial charge in [0.1, 0.15) is 16.9 Å². The number of carbonyl (C=O) groups is 1. The van der Waals surface area contributed by atoms with Crippen LogP contribution in [0.5, 0.6) is 0 Å². The highest BCUT2D eigenvalue weighted by Crippen LogP contribution is 2.37. The number of anilines is 1. The van der Waals surface area contributed by atoms with Crippen LogP contribution in [0.25, 0.3) is 5.82 Å². The third-order valence-corrected chi connectivity index (χ3v) is 6.94. The number of nitriles is 1. The van der Waals surface area contributed by atoms with E-state index in [4.69, 9.17) is 0 Å². The first-order valence-corrected chi connectivity index (χ1v) is 11.8. The number of hydrogen-bond donors (Lipinski definition) is 1. The molecule has 1 aliphatic rings.